The average Bonchev–Trinajstić information content (AvgIpc) is 3.05. The van der Waals surface area contributed by atoms with E-state index in [-0.39, 0.29) is 0 Å². The number of likely N-dealkylation sites (tertiary alicyclic amines) is 1. The molecule has 0 bridgehead atoms. The zero-order chi connectivity index (χ0) is 18.3. The Labute approximate surface area is 157 Å². The maximum atomic E-state index is 11.8. The van der Waals surface area contributed by atoms with Crippen molar-refractivity contribution >= 4 is 14.9 Å². The molecule has 6 nitrogen and oxygen atoms in total. The van der Waals surface area contributed by atoms with Gasteiger partial charge in [0.2, 0.25) is 0 Å². The highest BCUT2D eigenvalue weighted by Gasteiger charge is 2.43. The molecule has 4 heterocycles. The lowest BCUT2D eigenvalue weighted by Gasteiger charge is -2.43. The maximum absolute atomic E-state index is 11.8. The van der Waals surface area contributed by atoms with E-state index in [2.05, 4.69) is 22.1 Å². The minimum Gasteiger partial charge on any atom is -0.381 e. The fraction of sp³-hybridized carbons (Fsp3) is 0.947. The van der Waals surface area contributed by atoms with Crippen molar-refractivity contribution in [2.24, 2.45) is 22.7 Å². The van der Waals surface area contributed by atoms with Crippen molar-refractivity contribution in [1.29, 1.82) is 0 Å². The molecule has 0 amide bonds. The first-order valence-corrected chi connectivity index (χ1v) is 12.1. The maximum Gasteiger partial charge on any atom is 0.188 e. The van der Waals surface area contributed by atoms with Gasteiger partial charge in [-0.15, -0.1) is 0 Å². The zero-order valence-corrected chi connectivity index (χ0v) is 16.9. The van der Waals surface area contributed by atoms with Gasteiger partial charge in [-0.2, -0.15) is 0 Å². The van der Waals surface area contributed by atoms with Crippen molar-refractivity contribution in [3.05, 3.63) is 0 Å². The second-order valence-electron chi connectivity index (χ2n) is 8.89. The third-order valence-corrected chi connectivity index (χ3v) is 8.17. The van der Waals surface area contributed by atoms with Crippen LogP contribution in [0.25, 0.3) is 0 Å². The smallest absolute Gasteiger partial charge is 0.188 e. The summed E-state index contributed by atoms with van der Waals surface area (Å²) in [6.45, 7) is 6.89. The molecule has 148 valence electrons. The van der Waals surface area contributed by atoms with E-state index in [0.717, 1.165) is 26.3 Å². The molecular weight excluding hydrogens is 350 g/mol. The first kappa shape index (κ1) is 18.8. The Bertz CT molecular complexity index is 644. The molecule has 4 aliphatic heterocycles. The topological polar surface area (TPSA) is 71.0 Å². The van der Waals surface area contributed by atoms with Gasteiger partial charge in [0.25, 0.3) is 0 Å². The third kappa shape index (κ3) is 3.86. The number of nitrogens with one attached hydrogen (secondary N) is 1. The average molecular weight is 384 g/mol. The van der Waals surface area contributed by atoms with E-state index in [9.17, 15) is 8.42 Å². The van der Waals surface area contributed by atoms with Crippen LogP contribution in [0.4, 0.5) is 0 Å². The Morgan fingerprint density at radius 3 is 2.77 bits per heavy atom. The summed E-state index contributed by atoms with van der Waals surface area (Å²) in [5, 5.41) is 4.31. The van der Waals surface area contributed by atoms with Gasteiger partial charge in [0.15, 0.2) is 9.84 Å². The summed E-state index contributed by atoms with van der Waals surface area (Å²) in [5.74, 6) is 1.74. The van der Waals surface area contributed by atoms with E-state index in [1.54, 1.807) is 0 Å². The van der Waals surface area contributed by atoms with E-state index in [0.29, 0.717) is 53.9 Å². The van der Waals surface area contributed by atoms with Gasteiger partial charge >= 0.3 is 0 Å². The Balaban J connectivity index is 1.37. The summed E-state index contributed by atoms with van der Waals surface area (Å²) in [6, 6.07) is 1.65. The molecule has 3 fully saturated rings. The SMILES string of the molecule is CC1CC(S(C)(=O)=O)=NCC1N1CCC2NC(C3CCCOC3)CC2C1. The number of rotatable bonds is 2. The lowest BCUT2D eigenvalue weighted by atomic mass is 9.86. The van der Waals surface area contributed by atoms with E-state index in [4.69, 9.17) is 4.74 Å². The summed E-state index contributed by atoms with van der Waals surface area (Å²) < 4.78 is 29.3. The molecule has 3 saturated heterocycles. The van der Waals surface area contributed by atoms with Crippen molar-refractivity contribution in [2.45, 2.75) is 57.2 Å². The van der Waals surface area contributed by atoms with E-state index < -0.39 is 9.84 Å². The van der Waals surface area contributed by atoms with E-state index in [1.807, 2.05) is 0 Å². The molecule has 0 radical (unpaired) electrons. The number of sulfone groups is 1. The predicted molar refractivity (Wildman–Crippen MR) is 103 cm³/mol. The highest BCUT2D eigenvalue weighted by atomic mass is 32.2. The van der Waals surface area contributed by atoms with Crippen LogP contribution in [0.5, 0.6) is 0 Å². The van der Waals surface area contributed by atoms with E-state index >= 15 is 0 Å². The highest BCUT2D eigenvalue weighted by molar-refractivity contribution is 8.05. The predicted octanol–water partition coefficient (Wildman–Crippen LogP) is 1.32. The Morgan fingerprint density at radius 2 is 2.08 bits per heavy atom. The molecule has 0 aromatic heterocycles. The van der Waals surface area contributed by atoms with Crippen LogP contribution in [0.3, 0.4) is 0 Å². The van der Waals surface area contributed by atoms with Crippen molar-refractivity contribution in [3.8, 4) is 0 Å². The quantitative estimate of drug-likeness (QED) is 0.779. The van der Waals surface area contributed by atoms with Gasteiger partial charge in [0, 0.05) is 50.5 Å². The van der Waals surface area contributed by atoms with Crippen LogP contribution in [0.1, 0.15) is 39.0 Å². The lowest BCUT2D eigenvalue weighted by molar-refractivity contribution is 0.0412. The molecule has 7 heteroatoms. The number of piperidine rings is 1. The molecule has 0 aromatic carbocycles. The van der Waals surface area contributed by atoms with Crippen molar-refractivity contribution < 1.29 is 13.2 Å². The molecular formula is C19H33N3O3S. The van der Waals surface area contributed by atoms with Crippen LogP contribution in [-0.4, -0.2) is 75.6 Å². The number of fused-ring (bicyclic) bond motifs is 1. The van der Waals surface area contributed by atoms with Gasteiger partial charge in [-0.25, -0.2) is 8.42 Å². The van der Waals surface area contributed by atoms with Crippen molar-refractivity contribution in [3.63, 3.8) is 0 Å². The largest absolute Gasteiger partial charge is 0.381 e. The van der Waals surface area contributed by atoms with Crippen LogP contribution in [0, 0.1) is 17.8 Å². The minimum atomic E-state index is -3.14. The second kappa shape index (κ2) is 7.49. The molecule has 1 N–H and O–H groups in total. The molecule has 4 rings (SSSR count). The molecule has 26 heavy (non-hydrogen) atoms. The van der Waals surface area contributed by atoms with Crippen molar-refractivity contribution in [1.82, 2.24) is 10.2 Å². The van der Waals surface area contributed by atoms with Gasteiger partial charge in [0.05, 0.1) is 13.2 Å². The molecule has 4 aliphatic rings. The molecule has 6 atom stereocenters. The first-order valence-electron chi connectivity index (χ1n) is 10.2. The fourth-order valence-corrected chi connectivity index (χ4v) is 6.37. The Kier molecular flexibility index (Phi) is 5.43. The van der Waals surface area contributed by atoms with Gasteiger partial charge in [-0.3, -0.25) is 9.89 Å². The highest BCUT2D eigenvalue weighted by Crippen LogP contribution is 2.35. The molecule has 0 aromatic rings. The van der Waals surface area contributed by atoms with Crippen LogP contribution in [-0.2, 0) is 14.6 Å². The van der Waals surface area contributed by atoms with Gasteiger partial charge in [-0.05, 0) is 43.4 Å². The van der Waals surface area contributed by atoms with E-state index in [1.165, 1.54) is 31.9 Å². The fourth-order valence-electron chi connectivity index (χ4n) is 5.50. The number of hydrogen-bond acceptors (Lipinski definition) is 6. The van der Waals surface area contributed by atoms with Crippen LogP contribution in [0.15, 0.2) is 4.99 Å². The summed E-state index contributed by atoms with van der Waals surface area (Å²) in [7, 11) is -3.14. The Morgan fingerprint density at radius 1 is 1.23 bits per heavy atom. The van der Waals surface area contributed by atoms with Crippen LogP contribution < -0.4 is 5.32 Å². The molecule has 0 aliphatic carbocycles. The monoisotopic (exact) mass is 383 g/mol. The van der Waals surface area contributed by atoms with Crippen LogP contribution in [0.2, 0.25) is 0 Å². The standard InChI is InChI=1S/C19H33N3O3S/c1-13-8-19(26(2,23)24)20-10-18(13)22-6-5-16-15(11-22)9-17(21-16)14-4-3-7-25-12-14/h13-18,21H,3-12H2,1-2H3. The number of nitrogens with zero attached hydrogens (tertiary/aromatic N) is 2. The zero-order valence-electron chi connectivity index (χ0n) is 16.1. The van der Waals surface area contributed by atoms with Gasteiger partial charge in [0.1, 0.15) is 5.04 Å². The number of aliphatic imine (C=N–C) groups is 1. The summed E-state index contributed by atoms with van der Waals surface area (Å²) in [5.41, 5.74) is 0. The summed E-state index contributed by atoms with van der Waals surface area (Å²) in [6.07, 6.45) is 6.82. The van der Waals surface area contributed by atoms with Crippen molar-refractivity contribution in [2.75, 3.05) is 39.1 Å². The number of hydrogen-bond donors (Lipinski definition) is 1. The molecule has 6 unspecified atom stereocenters. The normalized spacial score (nSPS) is 42.3. The minimum absolute atomic E-state index is 0.352. The van der Waals surface area contributed by atoms with Gasteiger partial charge in [-0.1, -0.05) is 6.92 Å². The Hall–Kier alpha value is -0.500. The third-order valence-electron chi connectivity index (χ3n) is 7.02. The molecule has 0 spiro atoms. The summed E-state index contributed by atoms with van der Waals surface area (Å²) >= 11 is 0. The van der Waals surface area contributed by atoms with Gasteiger partial charge < -0.3 is 10.1 Å². The first-order chi connectivity index (χ1) is 12.4. The second-order valence-corrected chi connectivity index (χ2v) is 10.9. The van der Waals surface area contributed by atoms with Crippen LogP contribution >= 0.6 is 0 Å². The lowest BCUT2D eigenvalue weighted by Crippen LogP contribution is -2.53. The summed E-state index contributed by atoms with van der Waals surface area (Å²) in [4.78, 5) is 7.03. The number of ether oxygens (including phenoxy) is 1. The molecule has 0 saturated carbocycles.